The highest BCUT2D eigenvalue weighted by molar-refractivity contribution is 6.06. The first-order valence-electron chi connectivity index (χ1n) is 10.4. The fraction of sp³-hybridized carbons (Fsp3) is 0.250. The second-order valence-corrected chi connectivity index (χ2v) is 7.72. The summed E-state index contributed by atoms with van der Waals surface area (Å²) in [6.07, 6.45) is 0.744. The Labute approximate surface area is 190 Å². The van der Waals surface area contributed by atoms with E-state index in [0.717, 1.165) is 22.4 Å². The van der Waals surface area contributed by atoms with Gasteiger partial charge < -0.3 is 19.7 Å². The van der Waals surface area contributed by atoms with Gasteiger partial charge in [-0.05, 0) is 31.0 Å². The zero-order valence-corrected chi connectivity index (χ0v) is 18.6. The van der Waals surface area contributed by atoms with Crippen LogP contribution in [0.4, 0.5) is 11.4 Å². The van der Waals surface area contributed by atoms with Crippen molar-refractivity contribution < 1.29 is 19.1 Å². The Kier molecular flexibility index (Phi) is 6.12. The van der Waals surface area contributed by atoms with Crippen molar-refractivity contribution in [2.45, 2.75) is 25.9 Å². The standard InChI is InChI=1S/C24H24N4O5/c1-15-10-16-6-4-5-7-21(16)28(15)24(31)20-8-9-23(30)27(26-20)14-22(29)25-17-11-18(32-2)13-19(12-17)33-3/h4-9,11-13,15H,10,14H2,1-3H3,(H,25,29)/t15-/m1/s1. The van der Waals surface area contributed by atoms with Gasteiger partial charge in [0.2, 0.25) is 5.91 Å². The molecule has 0 saturated heterocycles. The molecule has 1 aromatic heterocycles. The van der Waals surface area contributed by atoms with E-state index in [4.69, 9.17) is 9.47 Å². The lowest BCUT2D eigenvalue weighted by Crippen LogP contribution is -2.38. The van der Waals surface area contributed by atoms with Crippen LogP contribution in [-0.2, 0) is 17.8 Å². The monoisotopic (exact) mass is 448 g/mol. The Morgan fingerprint density at radius 2 is 1.76 bits per heavy atom. The van der Waals surface area contributed by atoms with Gasteiger partial charge in [-0.2, -0.15) is 5.10 Å². The van der Waals surface area contributed by atoms with Crippen molar-refractivity contribution in [3.05, 3.63) is 76.2 Å². The summed E-state index contributed by atoms with van der Waals surface area (Å²) in [6, 6.07) is 15.2. The molecule has 0 bridgehead atoms. The summed E-state index contributed by atoms with van der Waals surface area (Å²) in [6.45, 7) is 1.61. The first-order chi connectivity index (χ1) is 15.9. The molecule has 1 atom stereocenters. The molecule has 2 aromatic carbocycles. The third-order valence-electron chi connectivity index (χ3n) is 5.44. The average molecular weight is 448 g/mol. The predicted molar refractivity (Wildman–Crippen MR) is 123 cm³/mol. The van der Waals surface area contributed by atoms with Gasteiger partial charge in [-0.1, -0.05) is 18.2 Å². The van der Waals surface area contributed by atoms with Crippen LogP contribution in [0.1, 0.15) is 23.0 Å². The van der Waals surface area contributed by atoms with Crippen LogP contribution >= 0.6 is 0 Å². The molecular formula is C24H24N4O5. The number of carbonyl (C=O) groups excluding carboxylic acids is 2. The normalized spacial score (nSPS) is 14.5. The van der Waals surface area contributed by atoms with Gasteiger partial charge in [-0.3, -0.25) is 14.4 Å². The van der Waals surface area contributed by atoms with E-state index in [0.29, 0.717) is 17.2 Å². The lowest BCUT2D eigenvalue weighted by molar-refractivity contribution is -0.117. The SMILES string of the molecule is COc1cc(NC(=O)Cn2nc(C(=O)N3c4ccccc4C[C@H]3C)ccc2=O)cc(OC)c1. The minimum Gasteiger partial charge on any atom is -0.497 e. The van der Waals surface area contributed by atoms with Crippen molar-refractivity contribution in [2.24, 2.45) is 0 Å². The number of nitrogens with one attached hydrogen (secondary N) is 1. The van der Waals surface area contributed by atoms with E-state index in [1.807, 2.05) is 31.2 Å². The van der Waals surface area contributed by atoms with Gasteiger partial charge in [0.15, 0.2) is 0 Å². The maximum Gasteiger partial charge on any atom is 0.278 e. The first kappa shape index (κ1) is 22.1. The van der Waals surface area contributed by atoms with Crippen LogP contribution in [-0.4, -0.2) is 41.9 Å². The number of rotatable bonds is 6. The molecule has 0 fully saturated rings. The van der Waals surface area contributed by atoms with Gasteiger partial charge >= 0.3 is 0 Å². The Hall–Kier alpha value is -4.14. The second kappa shape index (κ2) is 9.15. The largest absolute Gasteiger partial charge is 0.497 e. The smallest absolute Gasteiger partial charge is 0.278 e. The van der Waals surface area contributed by atoms with Gasteiger partial charge in [0.1, 0.15) is 23.7 Å². The summed E-state index contributed by atoms with van der Waals surface area (Å²) >= 11 is 0. The van der Waals surface area contributed by atoms with E-state index in [9.17, 15) is 14.4 Å². The molecule has 9 nitrogen and oxygen atoms in total. The number of amides is 2. The third-order valence-corrected chi connectivity index (χ3v) is 5.44. The quantitative estimate of drug-likeness (QED) is 0.622. The van der Waals surface area contributed by atoms with Crippen molar-refractivity contribution in [3.63, 3.8) is 0 Å². The molecule has 1 N–H and O–H groups in total. The molecule has 0 aliphatic carbocycles. The molecule has 1 aliphatic rings. The summed E-state index contributed by atoms with van der Waals surface area (Å²) in [5.74, 6) is 0.212. The van der Waals surface area contributed by atoms with Gasteiger partial charge in [-0.25, -0.2) is 4.68 Å². The topological polar surface area (TPSA) is 103 Å². The molecule has 170 valence electrons. The summed E-state index contributed by atoms with van der Waals surface area (Å²) in [5, 5.41) is 6.87. The number of anilines is 2. The summed E-state index contributed by atoms with van der Waals surface area (Å²) in [4.78, 5) is 39.8. The van der Waals surface area contributed by atoms with E-state index < -0.39 is 11.5 Å². The van der Waals surface area contributed by atoms with E-state index in [1.165, 1.54) is 26.4 Å². The highest BCUT2D eigenvalue weighted by Crippen LogP contribution is 2.32. The molecule has 0 unspecified atom stereocenters. The Bertz CT molecular complexity index is 1250. The van der Waals surface area contributed by atoms with Crippen LogP contribution in [0.3, 0.4) is 0 Å². The lowest BCUT2D eigenvalue weighted by atomic mass is 10.1. The minimum atomic E-state index is -0.486. The number of carbonyl (C=O) groups is 2. The van der Waals surface area contributed by atoms with E-state index >= 15 is 0 Å². The predicted octanol–water partition coefficient (Wildman–Crippen LogP) is 2.49. The number of para-hydroxylation sites is 1. The first-order valence-corrected chi connectivity index (χ1v) is 10.4. The maximum atomic E-state index is 13.2. The number of fused-ring (bicyclic) bond motifs is 1. The highest BCUT2D eigenvalue weighted by atomic mass is 16.5. The number of ether oxygens (including phenoxy) is 2. The summed E-state index contributed by atoms with van der Waals surface area (Å²) in [7, 11) is 3.01. The highest BCUT2D eigenvalue weighted by Gasteiger charge is 2.32. The number of aromatic nitrogens is 2. The average Bonchev–Trinajstić information content (AvgIpc) is 3.15. The van der Waals surface area contributed by atoms with Crippen LogP contribution in [0, 0.1) is 0 Å². The Morgan fingerprint density at radius 3 is 2.45 bits per heavy atom. The Morgan fingerprint density at radius 1 is 1.06 bits per heavy atom. The van der Waals surface area contributed by atoms with Crippen LogP contribution in [0.5, 0.6) is 11.5 Å². The summed E-state index contributed by atoms with van der Waals surface area (Å²) < 4.78 is 11.4. The van der Waals surface area contributed by atoms with Gasteiger partial charge in [0.05, 0.1) is 14.2 Å². The molecule has 0 saturated carbocycles. The van der Waals surface area contributed by atoms with Gasteiger partial charge in [0.25, 0.3) is 11.5 Å². The van der Waals surface area contributed by atoms with Crippen molar-refractivity contribution in [1.82, 2.24) is 9.78 Å². The molecule has 1 aliphatic heterocycles. The number of hydrogen-bond acceptors (Lipinski definition) is 6. The number of methoxy groups -OCH3 is 2. The third kappa shape index (κ3) is 4.57. The molecule has 0 radical (unpaired) electrons. The molecule has 3 aromatic rings. The van der Waals surface area contributed by atoms with Gasteiger partial charge in [0, 0.05) is 41.7 Å². The fourth-order valence-corrected chi connectivity index (χ4v) is 3.89. The number of nitrogens with zero attached hydrogens (tertiary/aromatic N) is 3. The molecule has 2 heterocycles. The summed E-state index contributed by atoms with van der Waals surface area (Å²) in [5.41, 5.74) is 1.96. The van der Waals surface area contributed by atoms with E-state index in [1.54, 1.807) is 23.1 Å². The fourth-order valence-electron chi connectivity index (χ4n) is 3.89. The van der Waals surface area contributed by atoms with Gasteiger partial charge in [-0.15, -0.1) is 0 Å². The van der Waals surface area contributed by atoms with Crippen LogP contribution in [0.15, 0.2) is 59.4 Å². The molecule has 0 spiro atoms. The minimum absolute atomic E-state index is 0.0385. The van der Waals surface area contributed by atoms with E-state index in [-0.39, 0.29) is 24.2 Å². The molecule has 9 heteroatoms. The Balaban J connectivity index is 1.54. The maximum absolute atomic E-state index is 13.2. The zero-order chi connectivity index (χ0) is 23.5. The van der Waals surface area contributed by atoms with Crippen LogP contribution in [0.2, 0.25) is 0 Å². The molecular weight excluding hydrogens is 424 g/mol. The molecule has 2 amide bonds. The number of benzene rings is 2. The van der Waals surface area contributed by atoms with Crippen molar-refractivity contribution in [3.8, 4) is 11.5 Å². The van der Waals surface area contributed by atoms with Crippen molar-refractivity contribution in [2.75, 3.05) is 24.4 Å². The van der Waals surface area contributed by atoms with E-state index in [2.05, 4.69) is 10.4 Å². The molecule has 4 rings (SSSR count). The van der Waals surface area contributed by atoms with Crippen LogP contribution < -0.4 is 25.2 Å². The molecule has 33 heavy (non-hydrogen) atoms. The van der Waals surface area contributed by atoms with Crippen molar-refractivity contribution >= 4 is 23.2 Å². The van der Waals surface area contributed by atoms with Crippen LogP contribution in [0.25, 0.3) is 0 Å². The number of hydrogen-bond donors (Lipinski definition) is 1. The van der Waals surface area contributed by atoms with Crippen molar-refractivity contribution in [1.29, 1.82) is 0 Å². The second-order valence-electron chi connectivity index (χ2n) is 7.72. The lowest BCUT2D eigenvalue weighted by Gasteiger charge is -2.22. The zero-order valence-electron chi connectivity index (χ0n) is 18.6.